The van der Waals surface area contributed by atoms with E-state index in [4.69, 9.17) is 10.5 Å². The fraction of sp³-hybridized carbons (Fsp3) is 0.867. The maximum Gasteiger partial charge on any atom is 0.248 e. The Morgan fingerprint density at radius 3 is 2.57 bits per heavy atom. The minimum Gasteiger partial charge on any atom is -0.375 e. The summed E-state index contributed by atoms with van der Waals surface area (Å²) in [5.41, 5.74) is 5.74. The first-order valence-corrected chi connectivity index (χ1v) is 7.92. The molecule has 2 aliphatic rings. The molecule has 120 valence electrons. The molecule has 1 saturated carbocycles. The van der Waals surface area contributed by atoms with Gasteiger partial charge in [-0.15, -0.1) is 0 Å². The van der Waals surface area contributed by atoms with Gasteiger partial charge in [0.2, 0.25) is 11.8 Å². The Labute approximate surface area is 126 Å². The Morgan fingerprint density at radius 2 is 1.95 bits per heavy atom. The van der Waals surface area contributed by atoms with Gasteiger partial charge in [-0.2, -0.15) is 0 Å². The number of hydrogen-bond acceptors (Lipinski definition) is 4. The summed E-state index contributed by atoms with van der Waals surface area (Å²) < 4.78 is 4.87. The van der Waals surface area contributed by atoms with Crippen LogP contribution in [0.1, 0.15) is 32.1 Å². The van der Waals surface area contributed by atoms with Crippen LogP contribution in [0.25, 0.3) is 0 Å². The van der Waals surface area contributed by atoms with Crippen molar-refractivity contribution in [2.24, 2.45) is 17.6 Å². The lowest BCUT2D eigenvalue weighted by Crippen LogP contribution is -2.49. The van der Waals surface area contributed by atoms with Gasteiger partial charge >= 0.3 is 0 Å². The molecule has 2 rings (SSSR count). The van der Waals surface area contributed by atoms with Crippen molar-refractivity contribution in [3.05, 3.63) is 0 Å². The molecule has 1 heterocycles. The monoisotopic (exact) mass is 297 g/mol. The number of amides is 2. The Bertz CT molecular complexity index is 367. The summed E-state index contributed by atoms with van der Waals surface area (Å²) in [5, 5.41) is 3.15. The van der Waals surface area contributed by atoms with Gasteiger partial charge in [-0.3, -0.25) is 9.59 Å². The molecule has 2 unspecified atom stereocenters. The third-order valence-corrected chi connectivity index (χ3v) is 4.76. The van der Waals surface area contributed by atoms with Crippen LogP contribution in [0.15, 0.2) is 0 Å². The standard InChI is InChI=1S/C15H27N3O3/c1-21-10-14(19)18-7-5-12(6-8-18)17-15(20)13-4-2-3-11(13)9-16/h11-13H,2-10,16H2,1H3,(H,17,20). The van der Waals surface area contributed by atoms with Crippen LogP contribution in [-0.4, -0.2) is 56.1 Å². The van der Waals surface area contributed by atoms with Gasteiger partial charge in [0.1, 0.15) is 6.61 Å². The Morgan fingerprint density at radius 1 is 1.24 bits per heavy atom. The van der Waals surface area contributed by atoms with E-state index in [1.54, 1.807) is 0 Å². The third kappa shape index (κ3) is 4.17. The molecule has 0 aromatic heterocycles. The van der Waals surface area contributed by atoms with Crippen LogP contribution in [0.4, 0.5) is 0 Å². The van der Waals surface area contributed by atoms with Gasteiger partial charge < -0.3 is 20.7 Å². The van der Waals surface area contributed by atoms with E-state index < -0.39 is 0 Å². The van der Waals surface area contributed by atoms with Crippen molar-refractivity contribution in [3.8, 4) is 0 Å². The predicted octanol–water partition coefficient (Wildman–Crippen LogP) is 0.115. The highest BCUT2D eigenvalue weighted by molar-refractivity contribution is 5.80. The number of ether oxygens (including phenoxy) is 1. The topological polar surface area (TPSA) is 84.7 Å². The van der Waals surface area contributed by atoms with E-state index in [9.17, 15) is 9.59 Å². The third-order valence-electron chi connectivity index (χ3n) is 4.76. The highest BCUT2D eigenvalue weighted by Gasteiger charge is 2.33. The molecule has 6 heteroatoms. The van der Waals surface area contributed by atoms with Gasteiger partial charge in [0.25, 0.3) is 0 Å². The number of nitrogens with zero attached hydrogens (tertiary/aromatic N) is 1. The Hall–Kier alpha value is -1.14. The fourth-order valence-corrected chi connectivity index (χ4v) is 3.46. The highest BCUT2D eigenvalue weighted by Crippen LogP contribution is 2.31. The molecule has 0 radical (unpaired) electrons. The van der Waals surface area contributed by atoms with E-state index >= 15 is 0 Å². The minimum absolute atomic E-state index is 0.0289. The quantitative estimate of drug-likeness (QED) is 0.754. The van der Waals surface area contributed by atoms with Gasteiger partial charge in [-0.1, -0.05) is 6.42 Å². The lowest BCUT2D eigenvalue weighted by atomic mass is 9.94. The molecule has 3 N–H and O–H groups in total. The van der Waals surface area contributed by atoms with Gasteiger partial charge in [-0.05, 0) is 38.1 Å². The van der Waals surface area contributed by atoms with Crippen LogP contribution in [0, 0.1) is 11.8 Å². The number of rotatable bonds is 5. The molecule has 2 amide bonds. The van der Waals surface area contributed by atoms with Crippen LogP contribution in [0.3, 0.4) is 0 Å². The second kappa shape index (κ2) is 7.75. The fourth-order valence-electron chi connectivity index (χ4n) is 3.46. The van der Waals surface area contributed by atoms with Crippen molar-refractivity contribution in [1.29, 1.82) is 0 Å². The summed E-state index contributed by atoms with van der Waals surface area (Å²) in [7, 11) is 1.53. The van der Waals surface area contributed by atoms with Crippen LogP contribution in [-0.2, 0) is 14.3 Å². The predicted molar refractivity (Wildman–Crippen MR) is 79.5 cm³/mol. The normalized spacial score (nSPS) is 26.9. The number of nitrogens with two attached hydrogens (primary N) is 1. The average Bonchev–Trinajstić information content (AvgIpc) is 2.97. The van der Waals surface area contributed by atoms with E-state index in [1.165, 1.54) is 7.11 Å². The minimum atomic E-state index is 0.0289. The zero-order valence-corrected chi connectivity index (χ0v) is 12.8. The average molecular weight is 297 g/mol. The van der Waals surface area contributed by atoms with E-state index in [2.05, 4.69) is 5.32 Å². The summed E-state index contributed by atoms with van der Waals surface area (Å²) in [4.78, 5) is 25.9. The molecular weight excluding hydrogens is 270 g/mol. The van der Waals surface area contributed by atoms with E-state index in [1.807, 2.05) is 4.90 Å². The largest absolute Gasteiger partial charge is 0.375 e. The molecule has 0 aromatic carbocycles. The summed E-state index contributed by atoms with van der Waals surface area (Å²) in [6, 6.07) is 0.183. The second-order valence-electron chi connectivity index (χ2n) is 6.13. The number of carbonyl (C=O) groups excluding carboxylic acids is 2. The Balaban J connectivity index is 1.75. The number of methoxy groups -OCH3 is 1. The van der Waals surface area contributed by atoms with Crippen molar-refractivity contribution in [2.75, 3.05) is 33.4 Å². The van der Waals surface area contributed by atoms with Gasteiger partial charge in [0.15, 0.2) is 0 Å². The molecule has 1 aliphatic heterocycles. The lowest BCUT2D eigenvalue weighted by molar-refractivity contribution is -0.136. The Kier molecular flexibility index (Phi) is 5.99. The number of nitrogens with one attached hydrogen (secondary N) is 1. The molecule has 2 fully saturated rings. The first-order chi connectivity index (χ1) is 10.2. The van der Waals surface area contributed by atoms with Crippen molar-refractivity contribution < 1.29 is 14.3 Å². The van der Waals surface area contributed by atoms with Crippen LogP contribution < -0.4 is 11.1 Å². The van der Waals surface area contributed by atoms with Gasteiger partial charge in [0.05, 0.1) is 0 Å². The maximum absolute atomic E-state index is 12.3. The smallest absolute Gasteiger partial charge is 0.248 e. The molecule has 1 saturated heterocycles. The number of piperidine rings is 1. The highest BCUT2D eigenvalue weighted by atomic mass is 16.5. The van der Waals surface area contributed by atoms with Crippen molar-refractivity contribution in [3.63, 3.8) is 0 Å². The first kappa shape index (κ1) is 16.2. The summed E-state index contributed by atoms with van der Waals surface area (Å²) in [5.74, 6) is 0.613. The molecule has 21 heavy (non-hydrogen) atoms. The molecule has 0 bridgehead atoms. The van der Waals surface area contributed by atoms with Crippen LogP contribution >= 0.6 is 0 Å². The van der Waals surface area contributed by atoms with E-state index in [-0.39, 0.29) is 30.4 Å². The van der Waals surface area contributed by atoms with Crippen molar-refractivity contribution >= 4 is 11.8 Å². The summed E-state index contributed by atoms with van der Waals surface area (Å²) >= 11 is 0. The molecule has 6 nitrogen and oxygen atoms in total. The van der Waals surface area contributed by atoms with Crippen molar-refractivity contribution in [2.45, 2.75) is 38.1 Å². The molecule has 0 aromatic rings. The SMILES string of the molecule is COCC(=O)N1CCC(NC(=O)C2CCCC2CN)CC1. The maximum atomic E-state index is 12.3. The molecular formula is C15H27N3O3. The number of likely N-dealkylation sites (tertiary alicyclic amines) is 1. The molecule has 2 atom stereocenters. The van der Waals surface area contributed by atoms with Gasteiger partial charge in [0, 0.05) is 32.2 Å². The first-order valence-electron chi connectivity index (χ1n) is 7.92. The molecule has 1 aliphatic carbocycles. The summed E-state index contributed by atoms with van der Waals surface area (Å²) in [6.07, 6.45) is 4.77. The van der Waals surface area contributed by atoms with Crippen molar-refractivity contribution in [1.82, 2.24) is 10.2 Å². The zero-order chi connectivity index (χ0) is 15.2. The lowest BCUT2D eigenvalue weighted by Gasteiger charge is -2.33. The van der Waals surface area contributed by atoms with Crippen LogP contribution in [0.5, 0.6) is 0 Å². The van der Waals surface area contributed by atoms with Gasteiger partial charge in [-0.25, -0.2) is 0 Å². The van der Waals surface area contributed by atoms with E-state index in [0.29, 0.717) is 25.6 Å². The summed E-state index contributed by atoms with van der Waals surface area (Å²) in [6.45, 7) is 2.12. The zero-order valence-electron chi connectivity index (χ0n) is 12.8. The van der Waals surface area contributed by atoms with Crippen LogP contribution in [0.2, 0.25) is 0 Å². The molecule has 0 spiro atoms. The van der Waals surface area contributed by atoms with E-state index in [0.717, 1.165) is 32.1 Å². The number of carbonyl (C=O) groups is 2. The second-order valence-corrected chi connectivity index (χ2v) is 6.13. The number of hydrogen-bond donors (Lipinski definition) is 2.